The molecule has 9 nitrogen and oxygen atoms in total. The molecule has 0 heterocycles. The predicted molar refractivity (Wildman–Crippen MR) is 126 cm³/mol. The molecule has 0 bridgehead atoms. The van der Waals surface area contributed by atoms with E-state index in [2.05, 4.69) is 10.6 Å². The van der Waals surface area contributed by atoms with E-state index in [0.717, 1.165) is 15.7 Å². The Morgan fingerprint density at radius 3 is 2.30 bits per heavy atom. The van der Waals surface area contributed by atoms with Crippen molar-refractivity contribution in [2.24, 2.45) is 5.14 Å². The first-order chi connectivity index (χ1) is 15.0. The second-order valence-electron chi connectivity index (χ2n) is 6.28. The number of nitro groups is 1. The average Bonchev–Trinajstić information content (AvgIpc) is 2.72. The number of sulfonamides is 1. The van der Waals surface area contributed by atoms with Gasteiger partial charge in [0.2, 0.25) is 15.7 Å². The van der Waals surface area contributed by atoms with Crippen LogP contribution >= 0.6 is 34.2 Å². The van der Waals surface area contributed by atoms with Gasteiger partial charge in [0.25, 0.3) is 0 Å². The number of nitrogens with two attached hydrogens (primary N) is 1. The second-order valence-corrected chi connectivity index (χ2v) is 9.46. The largest absolute Gasteiger partial charge is 2.00 e. The first-order valence-electron chi connectivity index (χ1n) is 8.53. The van der Waals surface area contributed by atoms with Crippen molar-refractivity contribution in [2.75, 3.05) is 10.6 Å². The van der Waals surface area contributed by atoms with Crippen molar-refractivity contribution in [3.05, 3.63) is 78.6 Å². The molecule has 3 aromatic rings. The quantitative estimate of drug-likeness (QED) is 0.138. The van der Waals surface area contributed by atoms with E-state index in [9.17, 15) is 23.3 Å². The van der Waals surface area contributed by atoms with Crippen LogP contribution in [0.1, 0.15) is 5.56 Å². The smallest absolute Gasteiger partial charge is 0.404 e. The van der Waals surface area contributed by atoms with Crippen molar-refractivity contribution in [2.45, 2.75) is 4.90 Å². The maximum atomic E-state index is 15.5. The Labute approximate surface area is 220 Å². The van der Waals surface area contributed by atoms with E-state index in [-0.39, 0.29) is 37.5 Å². The van der Waals surface area contributed by atoms with Gasteiger partial charge < -0.3 is 15.4 Å². The third-order valence-electron chi connectivity index (χ3n) is 4.20. The Kier molecular flexibility index (Phi) is 8.93. The molecule has 0 atom stereocenters. The summed E-state index contributed by atoms with van der Waals surface area (Å²) in [5, 5.41) is 22.0. The molecule has 0 aromatic heterocycles. The number of halogens is 3. The number of nitro benzene ring substituents is 1. The standard InChI is InChI=1S/C19H12ClFIN4O5S.W/c20-12-8-11(22)5-6-13(12)24-18-10(9-27)7-15(26(28)29)19(17(18)21)25-14-3-1-2-4-16(14)32(23,30)31;/h1-8,24-25H,(H2,23,30,31);/q-1;+2. The van der Waals surface area contributed by atoms with Gasteiger partial charge in [-0.15, -0.1) is 5.56 Å². The fourth-order valence-corrected chi connectivity index (χ4v) is 4.38. The average molecular weight is 774 g/mol. The molecule has 170 valence electrons. The molecule has 0 aliphatic heterocycles. The third kappa shape index (κ3) is 6.06. The van der Waals surface area contributed by atoms with Gasteiger partial charge in [-0.2, -0.15) is 0 Å². The van der Waals surface area contributed by atoms with Crippen LogP contribution in [-0.4, -0.2) is 19.6 Å². The number of carbonyl (C=O) groups excluding carboxylic acids is 1. The van der Waals surface area contributed by atoms with E-state index in [0.29, 0.717) is 0 Å². The summed E-state index contributed by atoms with van der Waals surface area (Å²) in [4.78, 5) is 21.7. The van der Waals surface area contributed by atoms with Gasteiger partial charge in [-0.3, -0.25) is 10.1 Å². The van der Waals surface area contributed by atoms with Crippen LogP contribution in [0.25, 0.3) is 0 Å². The van der Waals surface area contributed by atoms with Crippen molar-refractivity contribution < 1.29 is 43.6 Å². The van der Waals surface area contributed by atoms with Gasteiger partial charge in [0.05, 0.1) is 21.9 Å². The molecule has 0 fully saturated rings. The molecule has 0 spiro atoms. The monoisotopic (exact) mass is 773 g/mol. The number of nitrogens with zero attached hydrogens (tertiary/aromatic N) is 1. The normalized spacial score (nSPS) is 10.8. The summed E-state index contributed by atoms with van der Waals surface area (Å²) in [5.41, 5.74) is -2.37. The maximum absolute atomic E-state index is 15.5. The fraction of sp³-hybridized carbons (Fsp3) is 0. The molecule has 0 aliphatic rings. The van der Waals surface area contributed by atoms with Crippen molar-refractivity contribution in [1.29, 1.82) is 0 Å². The molecule has 0 saturated heterocycles. The van der Waals surface area contributed by atoms with Crippen LogP contribution in [-0.2, 0) is 35.9 Å². The molecule has 3 aromatic carbocycles. The molecule has 14 heteroatoms. The molecule has 0 radical (unpaired) electrons. The number of anilines is 4. The van der Waals surface area contributed by atoms with Crippen LogP contribution in [0.15, 0.2) is 53.4 Å². The van der Waals surface area contributed by atoms with E-state index >= 15 is 4.39 Å². The summed E-state index contributed by atoms with van der Waals surface area (Å²) in [6, 6.07) is 10.8. The summed E-state index contributed by atoms with van der Waals surface area (Å²) in [5.74, 6) is -1.23. The molecule has 33 heavy (non-hydrogen) atoms. The van der Waals surface area contributed by atoms with E-state index in [1.807, 2.05) is 22.6 Å². The number of nitrogens with one attached hydrogen (secondary N) is 2. The predicted octanol–water partition coefficient (Wildman–Crippen LogP) is 4.58. The molecule has 0 saturated carbocycles. The van der Waals surface area contributed by atoms with Crippen LogP contribution in [0.2, 0.25) is 5.02 Å². The first kappa shape index (κ1) is 27.1. The third-order valence-corrected chi connectivity index (χ3v) is 6.15. The van der Waals surface area contributed by atoms with Crippen molar-refractivity contribution in [3.63, 3.8) is 0 Å². The van der Waals surface area contributed by atoms with Crippen LogP contribution in [0, 0.1) is 19.5 Å². The summed E-state index contributed by atoms with van der Waals surface area (Å²) < 4.78 is 40.0. The van der Waals surface area contributed by atoms with Gasteiger partial charge in [0, 0.05) is 9.26 Å². The van der Waals surface area contributed by atoms with Crippen LogP contribution in [0.3, 0.4) is 0 Å². The summed E-state index contributed by atoms with van der Waals surface area (Å²) in [6.07, 6.45) is 1.46. The maximum Gasteiger partial charge on any atom is 2.00 e. The van der Waals surface area contributed by atoms with E-state index in [1.165, 1.54) is 30.6 Å². The number of benzene rings is 3. The molecule has 0 amide bonds. The Balaban J connectivity index is 0.00000385. The van der Waals surface area contributed by atoms with Gasteiger partial charge in [0.15, 0.2) is 0 Å². The molecule has 4 N–H and O–H groups in total. The number of hydrogen-bond donors (Lipinski definition) is 3. The van der Waals surface area contributed by atoms with Crippen molar-refractivity contribution in [1.82, 2.24) is 0 Å². The van der Waals surface area contributed by atoms with Gasteiger partial charge in [0.1, 0.15) is 16.4 Å². The SMILES string of the molecule is NS(=O)(=O)c1ccccc1Nc1c([N+](=O)[O-])cc([C-]=O)c(Nc2ccc(I)cc2Cl)c1F.[W+2]. The minimum absolute atomic E-state index is 0. The number of hydrogen-bond acceptors (Lipinski definition) is 7. The zero-order valence-electron chi connectivity index (χ0n) is 16.1. The topological polar surface area (TPSA) is 144 Å². The minimum Gasteiger partial charge on any atom is -0.404 e. The Morgan fingerprint density at radius 2 is 1.73 bits per heavy atom. The summed E-state index contributed by atoms with van der Waals surface area (Å²) in [6.45, 7) is 0. The van der Waals surface area contributed by atoms with Gasteiger partial charge in [-0.05, 0) is 58.6 Å². The van der Waals surface area contributed by atoms with E-state index < -0.39 is 48.3 Å². The molecule has 0 aliphatic carbocycles. The zero-order valence-corrected chi connectivity index (χ0v) is 22.8. The zero-order chi connectivity index (χ0) is 23.6. The molecular weight excluding hydrogens is 761 g/mol. The Morgan fingerprint density at radius 1 is 1.09 bits per heavy atom. The van der Waals surface area contributed by atoms with Crippen LogP contribution in [0.4, 0.5) is 32.8 Å². The number of primary sulfonamides is 1. The fourth-order valence-electron chi connectivity index (χ4n) is 2.78. The van der Waals surface area contributed by atoms with Crippen molar-refractivity contribution in [3.8, 4) is 0 Å². The number of rotatable bonds is 7. The van der Waals surface area contributed by atoms with E-state index in [1.54, 1.807) is 12.1 Å². The minimum atomic E-state index is -4.23. The van der Waals surface area contributed by atoms with Gasteiger partial charge in [-0.1, -0.05) is 29.8 Å². The summed E-state index contributed by atoms with van der Waals surface area (Å²) >= 11 is 8.18. The van der Waals surface area contributed by atoms with Crippen molar-refractivity contribution >= 4 is 78.9 Å². The molecule has 3 rings (SSSR count). The Hall–Kier alpha value is -2.12. The molecule has 0 unspecified atom stereocenters. The second kappa shape index (κ2) is 10.9. The Bertz CT molecular complexity index is 1360. The van der Waals surface area contributed by atoms with Gasteiger partial charge in [-0.25, -0.2) is 17.9 Å². The first-order valence-corrected chi connectivity index (χ1v) is 11.5. The molecular formula is C19H12ClFIN4O5SW+. The van der Waals surface area contributed by atoms with Gasteiger partial charge >= 0.3 is 21.1 Å². The van der Waals surface area contributed by atoms with Crippen LogP contribution < -0.4 is 15.8 Å². The summed E-state index contributed by atoms with van der Waals surface area (Å²) in [7, 11) is -4.23. The number of para-hydroxylation sites is 1. The van der Waals surface area contributed by atoms with Crippen LogP contribution in [0.5, 0.6) is 0 Å². The van der Waals surface area contributed by atoms with E-state index in [4.69, 9.17) is 16.7 Å².